The van der Waals surface area contributed by atoms with Crippen LogP contribution in [0.25, 0.3) is 5.70 Å². The number of ether oxygens (including phenoxy) is 1. The van der Waals surface area contributed by atoms with Crippen molar-refractivity contribution in [2.24, 2.45) is 4.99 Å². The number of nitrogens with zero attached hydrogens (tertiary/aromatic N) is 2. The molecule has 0 aromatic heterocycles. The largest absolute Gasteiger partial charge is 0.396 e. The number of methoxy groups -OCH3 is 1. The first-order valence-corrected chi connectivity index (χ1v) is 6.06. The number of amidine groups is 1. The van der Waals surface area contributed by atoms with Crippen molar-refractivity contribution in [3.8, 4) is 0 Å². The van der Waals surface area contributed by atoms with E-state index in [1.54, 1.807) is 14.0 Å². The Hall–Kier alpha value is -1.95. The van der Waals surface area contributed by atoms with Gasteiger partial charge < -0.3 is 15.4 Å². The number of anilines is 1. The predicted molar refractivity (Wildman–Crippen MR) is 77.4 cm³/mol. The zero-order valence-electron chi connectivity index (χ0n) is 11.9. The van der Waals surface area contributed by atoms with Gasteiger partial charge in [-0.2, -0.15) is 0 Å². The fraction of sp³-hybridized carbons (Fsp3) is 0.357. The summed E-state index contributed by atoms with van der Waals surface area (Å²) in [6.45, 7) is 6.75. The van der Waals surface area contributed by atoms with E-state index in [0.29, 0.717) is 19.0 Å². The number of nitrogens with two attached hydrogens (primary N) is 1. The number of aliphatic imine (C=N–C) groups is 1. The molecule has 0 saturated carbocycles. The molecule has 0 unspecified atom stereocenters. The van der Waals surface area contributed by atoms with E-state index in [1.165, 1.54) is 6.07 Å². The van der Waals surface area contributed by atoms with Crippen LogP contribution in [0, 0.1) is 11.6 Å². The van der Waals surface area contributed by atoms with Gasteiger partial charge in [0, 0.05) is 26.3 Å². The number of likely N-dealkylation sites (N-methyl/N-ethyl adjacent to an activating group) is 1. The number of halogens is 2. The number of benzene rings is 1. The van der Waals surface area contributed by atoms with Crippen LogP contribution in [0.2, 0.25) is 0 Å². The van der Waals surface area contributed by atoms with Gasteiger partial charge in [-0.15, -0.1) is 0 Å². The van der Waals surface area contributed by atoms with Crippen LogP contribution in [-0.2, 0) is 4.74 Å². The standard InChI is InChI=1S/C14H19F2N3O/c1-9(18-10(2)19(3)7-8-20-4)11-5-6-12(15)13(16)14(11)17/h5-6H,1,7-8,17H2,2-4H3. The van der Waals surface area contributed by atoms with Crippen LogP contribution < -0.4 is 5.73 Å². The van der Waals surface area contributed by atoms with Gasteiger partial charge in [-0.05, 0) is 19.1 Å². The molecule has 0 saturated heterocycles. The highest BCUT2D eigenvalue weighted by molar-refractivity contribution is 5.87. The lowest BCUT2D eigenvalue weighted by atomic mass is 10.1. The van der Waals surface area contributed by atoms with Crippen molar-refractivity contribution in [2.45, 2.75) is 6.92 Å². The summed E-state index contributed by atoms with van der Waals surface area (Å²) < 4.78 is 31.4. The minimum Gasteiger partial charge on any atom is -0.396 e. The molecule has 0 fully saturated rings. The molecular weight excluding hydrogens is 264 g/mol. The Morgan fingerprint density at radius 2 is 2.10 bits per heavy atom. The number of nitrogen functional groups attached to an aromatic ring is 1. The minimum atomic E-state index is -1.08. The normalized spacial score (nSPS) is 11.6. The van der Waals surface area contributed by atoms with E-state index >= 15 is 0 Å². The van der Waals surface area contributed by atoms with Gasteiger partial charge in [-0.1, -0.05) is 6.58 Å². The summed E-state index contributed by atoms with van der Waals surface area (Å²) in [7, 11) is 3.46. The van der Waals surface area contributed by atoms with Crippen molar-refractivity contribution in [3.05, 3.63) is 35.9 Å². The lowest BCUT2D eigenvalue weighted by Crippen LogP contribution is -2.27. The van der Waals surface area contributed by atoms with Crippen LogP contribution in [0.5, 0.6) is 0 Å². The second kappa shape index (κ2) is 7.00. The van der Waals surface area contributed by atoms with Gasteiger partial charge in [0.25, 0.3) is 0 Å². The second-order valence-electron chi connectivity index (χ2n) is 4.34. The molecule has 0 heterocycles. The van der Waals surface area contributed by atoms with Gasteiger partial charge in [-0.3, -0.25) is 0 Å². The summed E-state index contributed by atoms with van der Waals surface area (Å²) >= 11 is 0. The molecule has 0 radical (unpaired) electrons. The molecule has 0 spiro atoms. The molecule has 1 aromatic rings. The van der Waals surface area contributed by atoms with Gasteiger partial charge in [0.1, 0.15) is 5.84 Å². The van der Waals surface area contributed by atoms with Crippen molar-refractivity contribution in [1.82, 2.24) is 4.90 Å². The molecular formula is C14H19F2N3O. The van der Waals surface area contributed by atoms with E-state index in [9.17, 15) is 8.78 Å². The average molecular weight is 283 g/mol. The van der Waals surface area contributed by atoms with Crippen LogP contribution in [0.15, 0.2) is 23.7 Å². The van der Waals surface area contributed by atoms with Crippen LogP contribution in [0.1, 0.15) is 12.5 Å². The summed E-state index contributed by atoms with van der Waals surface area (Å²) in [5, 5.41) is 0. The molecule has 1 aromatic carbocycles. The highest BCUT2D eigenvalue weighted by atomic mass is 19.2. The molecule has 0 aliphatic heterocycles. The zero-order valence-corrected chi connectivity index (χ0v) is 11.9. The fourth-order valence-corrected chi connectivity index (χ4v) is 1.55. The first kappa shape index (κ1) is 16.1. The van der Waals surface area contributed by atoms with Gasteiger partial charge in [0.05, 0.1) is 18.0 Å². The smallest absolute Gasteiger partial charge is 0.182 e. The highest BCUT2D eigenvalue weighted by Crippen LogP contribution is 2.25. The molecule has 1 rings (SSSR count). The highest BCUT2D eigenvalue weighted by Gasteiger charge is 2.13. The van der Waals surface area contributed by atoms with Crippen LogP contribution in [-0.4, -0.2) is 38.0 Å². The SMILES string of the molecule is C=C(N=C(C)N(C)CCOC)c1ccc(F)c(F)c1N. The van der Waals surface area contributed by atoms with Crippen molar-refractivity contribution >= 4 is 17.2 Å². The van der Waals surface area contributed by atoms with Gasteiger partial charge in [-0.25, -0.2) is 13.8 Å². The molecule has 0 amide bonds. The van der Waals surface area contributed by atoms with Crippen LogP contribution in [0.3, 0.4) is 0 Å². The van der Waals surface area contributed by atoms with Gasteiger partial charge in [0.15, 0.2) is 11.6 Å². The third kappa shape index (κ3) is 3.77. The van der Waals surface area contributed by atoms with E-state index in [2.05, 4.69) is 11.6 Å². The summed E-state index contributed by atoms with van der Waals surface area (Å²) in [6, 6.07) is 2.37. The maximum atomic E-state index is 13.4. The Labute approximate surface area is 117 Å². The minimum absolute atomic E-state index is 0.281. The summed E-state index contributed by atoms with van der Waals surface area (Å²) in [5.41, 5.74) is 5.81. The molecule has 0 aliphatic rings. The Kier molecular flexibility index (Phi) is 5.64. The molecule has 6 heteroatoms. The average Bonchev–Trinajstić information content (AvgIpc) is 2.41. The monoisotopic (exact) mass is 283 g/mol. The van der Waals surface area contributed by atoms with Gasteiger partial charge >= 0.3 is 0 Å². The molecule has 2 N–H and O–H groups in total. The van der Waals surface area contributed by atoms with E-state index in [1.807, 2.05) is 11.9 Å². The van der Waals surface area contributed by atoms with Crippen molar-refractivity contribution in [2.75, 3.05) is 33.0 Å². The predicted octanol–water partition coefficient (Wildman–Crippen LogP) is 2.51. The summed E-state index contributed by atoms with van der Waals surface area (Å²) in [5.74, 6) is -1.39. The third-order valence-electron chi connectivity index (χ3n) is 2.92. The summed E-state index contributed by atoms with van der Waals surface area (Å²) in [4.78, 5) is 6.12. The zero-order chi connectivity index (χ0) is 15.3. The van der Waals surface area contributed by atoms with E-state index in [0.717, 1.165) is 6.07 Å². The second-order valence-corrected chi connectivity index (χ2v) is 4.34. The lowest BCUT2D eigenvalue weighted by Gasteiger charge is -2.18. The van der Waals surface area contributed by atoms with Crippen LogP contribution >= 0.6 is 0 Å². The number of rotatable bonds is 5. The molecule has 20 heavy (non-hydrogen) atoms. The quantitative estimate of drug-likeness (QED) is 0.513. The molecule has 0 bridgehead atoms. The molecule has 0 atom stereocenters. The first-order chi connectivity index (χ1) is 9.38. The maximum Gasteiger partial charge on any atom is 0.182 e. The topological polar surface area (TPSA) is 50.8 Å². The van der Waals surface area contributed by atoms with E-state index in [-0.39, 0.29) is 16.9 Å². The van der Waals surface area contributed by atoms with Crippen LogP contribution in [0.4, 0.5) is 14.5 Å². The molecule has 4 nitrogen and oxygen atoms in total. The van der Waals surface area contributed by atoms with Crippen molar-refractivity contribution in [1.29, 1.82) is 0 Å². The Bertz CT molecular complexity index is 529. The number of hydrogen-bond acceptors (Lipinski definition) is 3. The Morgan fingerprint density at radius 1 is 1.45 bits per heavy atom. The Balaban J connectivity index is 2.93. The summed E-state index contributed by atoms with van der Waals surface area (Å²) in [6.07, 6.45) is 0. The molecule has 110 valence electrons. The fourth-order valence-electron chi connectivity index (χ4n) is 1.55. The lowest BCUT2D eigenvalue weighted by molar-refractivity contribution is 0.182. The van der Waals surface area contributed by atoms with Crippen molar-refractivity contribution in [3.63, 3.8) is 0 Å². The maximum absolute atomic E-state index is 13.4. The van der Waals surface area contributed by atoms with Crippen molar-refractivity contribution < 1.29 is 13.5 Å². The Morgan fingerprint density at radius 3 is 2.70 bits per heavy atom. The van der Waals surface area contributed by atoms with Gasteiger partial charge in [0.2, 0.25) is 0 Å². The van der Waals surface area contributed by atoms with E-state index in [4.69, 9.17) is 10.5 Å². The molecule has 0 aliphatic carbocycles. The van der Waals surface area contributed by atoms with E-state index < -0.39 is 11.6 Å². The number of hydrogen-bond donors (Lipinski definition) is 1. The first-order valence-electron chi connectivity index (χ1n) is 6.06. The third-order valence-corrected chi connectivity index (χ3v) is 2.92.